The Hall–Kier alpha value is -1.24. The molecule has 2 N–H and O–H groups in total. The Labute approximate surface area is 120 Å². The molecule has 0 fully saturated rings. The minimum atomic E-state index is -3.39. The molecule has 2 aromatic rings. The van der Waals surface area contributed by atoms with E-state index in [1.807, 2.05) is 0 Å². The molecule has 1 heterocycles. The molecule has 0 saturated heterocycles. The number of hydrogen-bond acceptors (Lipinski definition) is 4. The largest absolute Gasteiger partial charge is 0.325 e. The molecule has 0 spiro atoms. The van der Waals surface area contributed by atoms with Crippen LogP contribution in [0.4, 0.5) is 0 Å². The first kappa shape index (κ1) is 14.2. The van der Waals surface area contributed by atoms with Gasteiger partial charge in [0, 0.05) is 17.2 Å². The van der Waals surface area contributed by atoms with E-state index in [1.165, 1.54) is 0 Å². The Bertz CT molecular complexity index is 687. The van der Waals surface area contributed by atoms with Crippen LogP contribution < -0.4 is 5.73 Å². The summed E-state index contributed by atoms with van der Waals surface area (Å²) in [6, 6.07) is 10.1. The van der Waals surface area contributed by atoms with Gasteiger partial charge in [0.05, 0.1) is 16.3 Å². The van der Waals surface area contributed by atoms with Gasteiger partial charge in [0.25, 0.3) is 0 Å². The minimum Gasteiger partial charge on any atom is -0.325 e. The van der Waals surface area contributed by atoms with Crippen molar-refractivity contribution in [1.29, 1.82) is 0 Å². The van der Waals surface area contributed by atoms with Crippen molar-refractivity contribution in [2.24, 2.45) is 5.73 Å². The van der Waals surface area contributed by atoms with Gasteiger partial charge in [-0.15, -0.1) is 0 Å². The van der Waals surface area contributed by atoms with E-state index in [2.05, 4.69) is 20.9 Å². The van der Waals surface area contributed by atoms with Crippen molar-refractivity contribution in [1.82, 2.24) is 4.98 Å². The zero-order valence-corrected chi connectivity index (χ0v) is 12.5. The Morgan fingerprint density at radius 3 is 2.68 bits per heavy atom. The first-order valence-corrected chi connectivity index (χ1v) is 8.08. The third kappa shape index (κ3) is 3.40. The van der Waals surface area contributed by atoms with Gasteiger partial charge in [-0.3, -0.25) is 4.98 Å². The Kier molecular flexibility index (Phi) is 4.34. The SMILES string of the molecule is NCc1ncccc1CS(=O)(=O)c1cccc(Br)c1. The van der Waals surface area contributed by atoms with Gasteiger partial charge in [0.2, 0.25) is 0 Å². The van der Waals surface area contributed by atoms with Crippen LogP contribution >= 0.6 is 15.9 Å². The topological polar surface area (TPSA) is 73.0 Å². The third-order valence-electron chi connectivity index (χ3n) is 2.68. The molecule has 0 aliphatic heterocycles. The fourth-order valence-electron chi connectivity index (χ4n) is 1.74. The molecule has 0 saturated carbocycles. The summed E-state index contributed by atoms with van der Waals surface area (Å²) in [5, 5.41) is 0. The van der Waals surface area contributed by atoms with E-state index in [-0.39, 0.29) is 17.2 Å². The van der Waals surface area contributed by atoms with Gasteiger partial charge in [0.15, 0.2) is 9.84 Å². The highest BCUT2D eigenvalue weighted by Crippen LogP contribution is 2.21. The Morgan fingerprint density at radius 2 is 2.00 bits per heavy atom. The number of pyridine rings is 1. The summed E-state index contributed by atoms with van der Waals surface area (Å²) in [5.74, 6) is -0.0934. The zero-order chi connectivity index (χ0) is 13.9. The number of halogens is 1. The summed E-state index contributed by atoms with van der Waals surface area (Å²) in [7, 11) is -3.39. The van der Waals surface area contributed by atoms with Crippen LogP contribution in [0.3, 0.4) is 0 Å². The van der Waals surface area contributed by atoms with E-state index in [1.54, 1.807) is 42.6 Å². The molecule has 0 atom stereocenters. The lowest BCUT2D eigenvalue weighted by Crippen LogP contribution is -2.10. The molecule has 0 aliphatic rings. The molecule has 1 aromatic carbocycles. The van der Waals surface area contributed by atoms with Gasteiger partial charge in [-0.2, -0.15) is 0 Å². The number of rotatable bonds is 4. The number of aromatic nitrogens is 1. The van der Waals surface area contributed by atoms with Crippen LogP contribution in [0.15, 0.2) is 52.0 Å². The lowest BCUT2D eigenvalue weighted by molar-refractivity contribution is 0.595. The number of nitrogens with two attached hydrogens (primary N) is 1. The van der Waals surface area contributed by atoms with E-state index in [0.717, 1.165) is 4.47 Å². The molecule has 0 aliphatic carbocycles. The second-order valence-corrected chi connectivity index (χ2v) is 6.94. The molecule has 0 amide bonds. The van der Waals surface area contributed by atoms with E-state index in [9.17, 15) is 8.42 Å². The van der Waals surface area contributed by atoms with Crippen molar-refractivity contribution >= 4 is 25.8 Å². The number of benzene rings is 1. The molecule has 0 unspecified atom stereocenters. The van der Waals surface area contributed by atoms with Crippen LogP contribution in [0.5, 0.6) is 0 Å². The minimum absolute atomic E-state index is 0.0934. The summed E-state index contributed by atoms with van der Waals surface area (Å²) in [6.45, 7) is 0.226. The second-order valence-electron chi connectivity index (χ2n) is 4.03. The van der Waals surface area contributed by atoms with Gasteiger partial charge >= 0.3 is 0 Å². The lowest BCUT2D eigenvalue weighted by Gasteiger charge is -2.08. The lowest BCUT2D eigenvalue weighted by atomic mass is 10.2. The van der Waals surface area contributed by atoms with E-state index < -0.39 is 9.84 Å². The van der Waals surface area contributed by atoms with Crippen molar-refractivity contribution in [2.45, 2.75) is 17.2 Å². The molecule has 1 aromatic heterocycles. The van der Waals surface area contributed by atoms with Crippen molar-refractivity contribution in [3.05, 3.63) is 58.3 Å². The van der Waals surface area contributed by atoms with E-state index in [4.69, 9.17) is 5.73 Å². The van der Waals surface area contributed by atoms with Crippen molar-refractivity contribution in [3.8, 4) is 0 Å². The molecule has 2 rings (SSSR count). The molecule has 0 bridgehead atoms. The van der Waals surface area contributed by atoms with Gasteiger partial charge < -0.3 is 5.73 Å². The normalized spacial score (nSPS) is 11.5. The molecule has 0 radical (unpaired) electrons. The van der Waals surface area contributed by atoms with Crippen LogP contribution in [-0.4, -0.2) is 13.4 Å². The predicted molar refractivity (Wildman–Crippen MR) is 77.2 cm³/mol. The summed E-state index contributed by atoms with van der Waals surface area (Å²) < 4.78 is 25.4. The summed E-state index contributed by atoms with van der Waals surface area (Å²) >= 11 is 3.27. The quantitative estimate of drug-likeness (QED) is 0.926. The first-order chi connectivity index (χ1) is 9.03. The molecule has 100 valence electrons. The highest BCUT2D eigenvalue weighted by atomic mass is 79.9. The molecule has 6 heteroatoms. The highest BCUT2D eigenvalue weighted by molar-refractivity contribution is 9.10. The Balaban J connectivity index is 2.37. The predicted octanol–water partition coefficient (Wildman–Crippen LogP) is 2.28. The van der Waals surface area contributed by atoms with E-state index >= 15 is 0 Å². The Morgan fingerprint density at radius 1 is 1.21 bits per heavy atom. The fraction of sp³-hybridized carbons (Fsp3) is 0.154. The van der Waals surface area contributed by atoms with Crippen LogP contribution in [0.2, 0.25) is 0 Å². The van der Waals surface area contributed by atoms with Gasteiger partial charge in [-0.25, -0.2) is 8.42 Å². The zero-order valence-electron chi connectivity index (χ0n) is 10.1. The smallest absolute Gasteiger partial charge is 0.182 e. The van der Waals surface area contributed by atoms with Crippen molar-refractivity contribution in [2.75, 3.05) is 0 Å². The maximum Gasteiger partial charge on any atom is 0.182 e. The average Bonchev–Trinajstić information content (AvgIpc) is 2.39. The van der Waals surface area contributed by atoms with Gasteiger partial charge in [-0.05, 0) is 29.8 Å². The van der Waals surface area contributed by atoms with Crippen LogP contribution in [0, 0.1) is 0 Å². The van der Waals surface area contributed by atoms with Crippen molar-refractivity contribution < 1.29 is 8.42 Å². The van der Waals surface area contributed by atoms with Gasteiger partial charge in [0.1, 0.15) is 0 Å². The van der Waals surface area contributed by atoms with E-state index in [0.29, 0.717) is 11.3 Å². The van der Waals surface area contributed by atoms with Crippen LogP contribution in [-0.2, 0) is 22.1 Å². The molecular formula is C13H13BrN2O2S. The maximum absolute atomic E-state index is 12.3. The number of sulfone groups is 1. The van der Waals surface area contributed by atoms with Gasteiger partial charge in [-0.1, -0.05) is 28.1 Å². The maximum atomic E-state index is 12.3. The second kappa shape index (κ2) is 5.81. The molecule has 19 heavy (non-hydrogen) atoms. The first-order valence-electron chi connectivity index (χ1n) is 5.64. The summed E-state index contributed by atoms with van der Waals surface area (Å²) in [5.41, 5.74) is 6.82. The van der Waals surface area contributed by atoms with Crippen molar-refractivity contribution in [3.63, 3.8) is 0 Å². The summed E-state index contributed by atoms with van der Waals surface area (Å²) in [6.07, 6.45) is 1.61. The summed E-state index contributed by atoms with van der Waals surface area (Å²) in [4.78, 5) is 4.38. The number of nitrogens with zero attached hydrogens (tertiary/aromatic N) is 1. The number of hydrogen-bond donors (Lipinski definition) is 1. The highest BCUT2D eigenvalue weighted by Gasteiger charge is 2.17. The van der Waals surface area contributed by atoms with Crippen LogP contribution in [0.25, 0.3) is 0 Å². The monoisotopic (exact) mass is 340 g/mol. The fourth-order valence-corrected chi connectivity index (χ4v) is 3.72. The third-order valence-corrected chi connectivity index (χ3v) is 4.84. The average molecular weight is 341 g/mol. The van der Waals surface area contributed by atoms with Crippen LogP contribution in [0.1, 0.15) is 11.3 Å². The standard InChI is InChI=1S/C13H13BrN2O2S/c14-11-4-1-5-12(7-11)19(17,18)9-10-3-2-6-16-13(10)8-15/h1-7H,8-9,15H2. The molecule has 4 nitrogen and oxygen atoms in total. The molecular weight excluding hydrogens is 328 g/mol.